The Kier molecular flexibility index (Phi) is 6.75. The summed E-state index contributed by atoms with van der Waals surface area (Å²) in [4.78, 5) is 16.2. The molecular weight excluding hydrogens is 413 g/mol. The van der Waals surface area contributed by atoms with Crippen molar-refractivity contribution in [3.05, 3.63) is 60.2 Å². The molecule has 9 nitrogen and oxygen atoms in total. The lowest BCUT2D eigenvalue weighted by atomic mass is 10.2. The molecule has 158 valence electrons. The zero-order chi connectivity index (χ0) is 21.6. The molecule has 0 aliphatic rings. The second-order valence-corrected chi connectivity index (χ2v) is 7.98. The van der Waals surface area contributed by atoms with Gasteiger partial charge in [-0.15, -0.1) is 0 Å². The van der Waals surface area contributed by atoms with E-state index in [1.807, 2.05) is 12.1 Å². The SMILES string of the molecule is COc1ccc(-c2n[nH]c(CNC(=O)CCNS(=O)(=O)c3ccc(F)cc3)n2)cc1. The fourth-order valence-electron chi connectivity index (χ4n) is 2.51. The summed E-state index contributed by atoms with van der Waals surface area (Å²) in [6.45, 7) is 0.0196. The van der Waals surface area contributed by atoms with Crippen LogP contribution >= 0.6 is 0 Å². The van der Waals surface area contributed by atoms with Crippen LogP contribution in [0.5, 0.6) is 5.75 Å². The molecule has 0 saturated carbocycles. The van der Waals surface area contributed by atoms with Crippen molar-refractivity contribution in [3.8, 4) is 17.1 Å². The molecule has 3 rings (SSSR count). The molecule has 0 unspecified atom stereocenters. The molecule has 0 fully saturated rings. The number of carbonyl (C=O) groups excluding carboxylic acids is 1. The van der Waals surface area contributed by atoms with Gasteiger partial charge in [-0.1, -0.05) is 0 Å². The molecule has 0 bridgehead atoms. The quantitative estimate of drug-likeness (QED) is 0.471. The molecule has 1 amide bonds. The Bertz CT molecular complexity index is 1100. The van der Waals surface area contributed by atoms with E-state index in [0.29, 0.717) is 11.6 Å². The molecule has 3 N–H and O–H groups in total. The van der Waals surface area contributed by atoms with E-state index in [0.717, 1.165) is 35.6 Å². The average molecular weight is 433 g/mol. The van der Waals surface area contributed by atoms with E-state index < -0.39 is 15.8 Å². The zero-order valence-electron chi connectivity index (χ0n) is 16.1. The van der Waals surface area contributed by atoms with Crippen molar-refractivity contribution in [2.24, 2.45) is 0 Å². The van der Waals surface area contributed by atoms with Gasteiger partial charge in [0.15, 0.2) is 5.82 Å². The van der Waals surface area contributed by atoms with E-state index in [2.05, 4.69) is 25.2 Å². The summed E-state index contributed by atoms with van der Waals surface area (Å²) in [6.07, 6.45) is -0.0695. The van der Waals surface area contributed by atoms with E-state index in [4.69, 9.17) is 4.74 Å². The number of rotatable bonds is 9. The minimum absolute atomic E-state index is 0.0695. The molecule has 0 atom stereocenters. The van der Waals surface area contributed by atoms with Crippen LogP contribution in [0.15, 0.2) is 53.4 Å². The van der Waals surface area contributed by atoms with Crippen molar-refractivity contribution < 1.29 is 22.3 Å². The third-order valence-electron chi connectivity index (χ3n) is 4.10. The lowest BCUT2D eigenvalue weighted by Gasteiger charge is -2.07. The first kappa shape index (κ1) is 21.4. The van der Waals surface area contributed by atoms with E-state index in [9.17, 15) is 17.6 Å². The number of sulfonamides is 1. The molecule has 0 aliphatic carbocycles. The average Bonchev–Trinajstić information content (AvgIpc) is 3.21. The number of carbonyl (C=O) groups is 1. The molecule has 30 heavy (non-hydrogen) atoms. The van der Waals surface area contributed by atoms with E-state index in [1.165, 1.54) is 0 Å². The number of hydrogen-bond acceptors (Lipinski definition) is 6. The summed E-state index contributed by atoms with van der Waals surface area (Å²) in [5, 5.41) is 9.49. The largest absolute Gasteiger partial charge is 0.497 e. The molecule has 0 aliphatic heterocycles. The van der Waals surface area contributed by atoms with Crippen LogP contribution in [-0.4, -0.2) is 43.2 Å². The van der Waals surface area contributed by atoms with Gasteiger partial charge in [-0.3, -0.25) is 9.89 Å². The zero-order valence-corrected chi connectivity index (χ0v) is 16.9. The number of benzene rings is 2. The van der Waals surface area contributed by atoms with Gasteiger partial charge < -0.3 is 10.1 Å². The number of H-pyrrole nitrogens is 1. The van der Waals surface area contributed by atoms with E-state index in [1.54, 1.807) is 19.2 Å². The fourth-order valence-corrected chi connectivity index (χ4v) is 3.54. The van der Waals surface area contributed by atoms with Crippen LogP contribution in [-0.2, 0) is 21.4 Å². The van der Waals surface area contributed by atoms with E-state index >= 15 is 0 Å². The van der Waals surface area contributed by atoms with Crippen molar-refractivity contribution in [1.82, 2.24) is 25.2 Å². The smallest absolute Gasteiger partial charge is 0.240 e. The number of halogens is 1. The number of aromatic nitrogens is 3. The maximum atomic E-state index is 12.9. The van der Waals surface area contributed by atoms with Crippen LogP contribution in [0.3, 0.4) is 0 Å². The fraction of sp³-hybridized carbons (Fsp3) is 0.211. The lowest BCUT2D eigenvalue weighted by molar-refractivity contribution is -0.121. The first-order valence-electron chi connectivity index (χ1n) is 8.95. The Hall–Kier alpha value is -3.31. The van der Waals surface area contributed by atoms with Crippen LogP contribution in [0.4, 0.5) is 4.39 Å². The van der Waals surface area contributed by atoms with Gasteiger partial charge in [0.05, 0.1) is 18.6 Å². The van der Waals surface area contributed by atoms with Crippen LogP contribution in [0, 0.1) is 5.82 Å². The number of methoxy groups -OCH3 is 1. The highest BCUT2D eigenvalue weighted by atomic mass is 32.2. The summed E-state index contributed by atoms with van der Waals surface area (Å²) >= 11 is 0. The number of aromatic amines is 1. The van der Waals surface area contributed by atoms with E-state index in [-0.39, 0.29) is 30.3 Å². The van der Waals surface area contributed by atoms with Gasteiger partial charge in [0.25, 0.3) is 0 Å². The highest BCUT2D eigenvalue weighted by Crippen LogP contribution is 2.18. The molecule has 1 aromatic heterocycles. The maximum Gasteiger partial charge on any atom is 0.240 e. The minimum Gasteiger partial charge on any atom is -0.497 e. The van der Waals surface area contributed by atoms with Gasteiger partial charge in [0.2, 0.25) is 15.9 Å². The number of nitrogens with zero attached hydrogens (tertiary/aromatic N) is 2. The predicted octanol–water partition coefficient (Wildman–Crippen LogP) is 1.60. The third-order valence-corrected chi connectivity index (χ3v) is 5.58. The predicted molar refractivity (Wildman–Crippen MR) is 106 cm³/mol. The number of ether oxygens (including phenoxy) is 1. The standard InChI is InChI=1S/C19H20FN5O4S/c1-29-15-6-2-13(3-7-15)19-23-17(24-25-19)12-21-18(26)10-11-22-30(27,28)16-8-4-14(20)5-9-16/h2-9,22H,10-12H2,1H3,(H,21,26)(H,23,24,25). The summed E-state index contributed by atoms with van der Waals surface area (Å²) < 4.78 is 44.5. The first-order valence-corrected chi connectivity index (χ1v) is 10.4. The summed E-state index contributed by atoms with van der Waals surface area (Å²) in [5.74, 6) is 0.766. The van der Waals surface area contributed by atoms with Gasteiger partial charge in [-0.25, -0.2) is 22.5 Å². The van der Waals surface area contributed by atoms with Gasteiger partial charge >= 0.3 is 0 Å². The van der Waals surface area contributed by atoms with Gasteiger partial charge in [0.1, 0.15) is 17.4 Å². The Morgan fingerprint density at radius 2 is 1.83 bits per heavy atom. The molecule has 0 saturated heterocycles. The minimum atomic E-state index is -3.81. The topological polar surface area (TPSA) is 126 Å². The normalized spacial score (nSPS) is 11.3. The monoisotopic (exact) mass is 433 g/mol. The summed E-state index contributed by atoms with van der Waals surface area (Å²) in [5.41, 5.74) is 0.792. The summed E-state index contributed by atoms with van der Waals surface area (Å²) in [7, 11) is -2.23. The first-order chi connectivity index (χ1) is 14.4. The Morgan fingerprint density at radius 3 is 2.50 bits per heavy atom. The van der Waals surface area contributed by atoms with Gasteiger partial charge in [-0.05, 0) is 48.5 Å². The van der Waals surface area contributed by atoms with Gasteiger partial charge in [-0.2, -0.15) is 5.10 Å². The number of nitrogens with one attached hydrogen (secondary N) is 3. The maximum absolute atomic E-state index is 12.9. The second-order valence-electron chi connectivity index (χ2n) is 6.21. The van der Waals surface area contributed by atoms with Crippen LogP contribution in [0.2, 0.25) is 0 Å². The number of amides is 1. The lowest BCUT2D eigenvalue weighted by Crippen LogP contribution is -2.30. The molecule has 11 heteroatoms. The Labute approximate surface area is 172 Å². The Balaban J connectivity index is 1.45. The summed E-state index contributed by atoms with van der Waals surface area (Å²) in [6, 6.07) is 11.6. The second kappa shape index (κ2) is 9.46. The van der Waals surface area contributed by atoms with Crippen molar-refractivity contribution >= 4 is 15.9 Å². The number of hydrogen-bond donors (Lipinski definition) is 3. The highest BCUT2D eigenvalue weighted by molar-refractivity contribution is 7.89. The molecule has 1 heterocycles. The molecule has 2 aromatic carbocycles. The van der Waals surface area contributed by atoms with Crippen LogP contribution < -0.4 is 14.8 Å². The molecule has 3 aromatic rings. The van der Waals surface area contributed by atoms with Crippen LogP contribution in [0.1, 0.15) is 12.2 Å². The molecule has 0 radical (unpaired) electrons. The van der Waals surface area contributed by atoms with Crippen molar-refractivity contribution in [2.75, 3.05) is 13.7 Å². The van der Waals surface area contributed by atoms with Crippen molar-refractivity contribution in [1.29, 1.82) is 0 Å². The van der Waals surface area contributed by atoms with Gasteiger partial charge in [0, 0.05) is 18.5 Å². The Morgan fingerprint density at radius 1 is 1.13 bits per heavy atom. The molecule has 0 spiro atoms. The highest BCUT2D eigenvalue weighted by Gasteiger charge is 2.14. The van der Waals surface area contributed by atoms with Crippen molar-refractivity contribution in [3.63, 3.8) is 0 Å². The van der Waals surface area contributed by atoms with Crippen molar-refractivity contribution in [2.45, 2.75) is 17.9 Å². The van der Waals surface area contributed by atoms with Crippen LogP contribution in [0.25, 0.3) is 11.4 Å². The third kappa shape index (κ3) is 5.61. The molecular formula is C19H20FN5O4S.